The number of hydrogen-bond donors (Lipinski definition) is 2. The molecule has 1 aliphatic heterocycles. The predicted molar refractivity (Wildman–Crippen MR) is 94.5 cm³/mol. The third-order valence-corrected chi connectivity index (χ3v) is 4.97. The number of carbonyl (C=O) groups is 1. The highest BCUT2D eigenvalue weighted by atomic mass is 16.1. The van der Waals surface area contributed by atoms with Crippen molar-refractivity contribution in [1.29, 1.82) is 0 Å². The molecule has 1 unspecified atom stereocenters. The Balaban J connectivity index is 1.48. The number of benzene rings is 1. The van der Waals surface area contributed by atoms with Gasteiger partial charge in [0, 0.05) is 36.2 Å². The average molecular weight is 313 g/mol. The van der Waals surface area contributed by atoms with Gasteiger partial charge in [0.15, 0.2) is 0 Å². The van der Waals surface area contributed by atoms with Crippen molar-refractivity contribution < 1.29 is 4.79 Å². The Hall–Kier alpha value is -1.81. The number of H-pyrrole nitrogens is 1. The van der Waals surface area contributed by atoms with Gasteiger partial charge in [-0.1, -0.05) is 31.5 Å². The maximum Gasteiger partial charge on any atom is 0.224 e. The lowest BCUT2D eigenvalue weighted by molar-refractivity contribution is -0.120. The predicted octanol–water partition coefficient (Wildman–Crippen LogP) is 3.09. The largest absolute Gasteiger partial charge is 0.361 e. The fourth-order valence-corrected chi connectivity index (χ4v) is 3.67. The molecule has 0 radical (unpaired) electrons. The summed E-state index contributed by atoms with van der Waals surface area (Å²) in [5, 5.41) is 4.23. The maximum atomic E-state index is 12.2. The van der Waals surface area contributed by atoms with Crippen molar-refractivity contribution in [3.05, 3.63) is 36.0 Å². The second kappa shape index (κ2) is 7.64. The molecule has 2 aromatic rings. The highest BCUT2D eigenvalue weighted by Crippen LogP contribution is 2.19. The Morgan fingerprint density at radius 1 is 1.35 bits per heavy atom. The summed E-state index contributed by atoms with van der Waals surface area (Å²) in [6.45, 7) is 5.16. The van der Waals surface area contributed by atoms with Crippen LogP contribution in [0.5, 0.6) is 0 Å². The van der Waals surface area contributed by atoms with E-state index in [0.29, 0.717) is 12.5 Å². The molecule has 0 saturated carbocycles. The quantitative estimate of drug-likeness (QED) is 0.861. The van der Waals surface area contributed by atoms with E-state index in [0.717, 1.165) is 29.6 Å². The molecule has 2 heterocycles. The van der Waals surface area contributed by atoms with Crippen LogP contribution in [0.2, 0.25) is 0 Å². The summed E-state index contributed by atoms with van der Waals surface area (Å²) < 4.78 is 0. The van der Waals surface area contributed by atoms with Crippen LogP contribution in [-0.4, -0.2) is 41.5 Å². The number of carbonyl (C=O) groups excluding carboxylic acids is 1. The zero-order chi connectivity index (χ0) is 16.1. The normalized spacial score (nSPS) is 19.1. The van der Waals surface area contributed by atoms with Crippen LogP contribution >= 0.6 is 0 Å². The van der Waals surface area contributed by atoms with Crippen LogP contribution in [0.25, 0.3) is 10.9 Å². The lowest BCUT2D eigenvalue weighted by atomic mass is 10.0. The van der Waals surface area contributed by atoms with Gasteiger partial charge in [0.25, 0.3) is 0 Å². The van der Waals surface area contributed by atoms with Crippen LogP contribution in [0.15, 0.2) is 30.5 Å². The van der Waals surface area contributed by atoms with Crippen molar-refractivity contribution in [2.24, 2.45) is 0 Å². The van der Waals surface area contributed by atoms with Gasteiger partial charge in [-0.25, -0.2) is 0 Å². The molecule has 3 rings (SSSR count). The van der Waals surface area contributed by atoms with E-state index >= 15 is 0 Å². The number of piperidine rings is 1. The lowest BCUT2D eigenvalue weighted by Gasteiger charge is -2.35. The Kier molecular flexibility index (Phi) is 5.34. The van der Waals surface area contributed by atoms with Gasteiger partial charge in [0.1, 0.15) is 0 Å². The molecule has 1 amide bonds. The second-order valence-corrected chi connectivity index (χ2v) is 6.48. The van der Waals surface area contributed by atoms with Gasteiger partial charge >= 0.3 is 0 Å². The molecule has 0 bridgehead atoms. The van der Waals surface area contributed by atoms with Crippen molar-refractivity contribution in [3.8, 4) is 0 Å². The first-order chi connectivity index (χ1) is 11.3. The van der Waals surface area contributed by atoms with E-state index in [4.69, 9.17) is 0 Å². The summed E-state index contributed by atoms with van der Waals surface area (Å²) in [6, 6.07) is 8.82. The number of para-hydroxylation sites is 1. The molecular formula is C19H27N3O. The maximum absolute atomic E-state index is 12.2. The highest BCUT2D eigenvalue weighted by molar-refractivity contribution is 5.88. The zero-order valence-electron chi connectivity index (χ0n) is 14.0. The molecule has 4 heteroatoms. The lowest BCUT2D eigenvalue weighted by Crippen LogP contribution is -2.43. The van der Waals surface area contributed by atoms with Crippen LogP contribution < -0.4 is 5.32 Å². The SMILES string of the molecule is CCC1CCCCN1CCNC(=O)Cc1c[nH]c2ccccc12. The fraction of sp³-hybridized carbons (Fsp3) is 0.526. The monoisotopic (exact) mass is 313 g/mol. The smallest absolute Gasteiger partial charge is 0.224 e. The van der Waals surface area contributed by atoms with Crippen LogP contribution in [0.3, 0.4) is 0 Å². The van der Waals surface area contributed by atoms with E-state index in [9.17, 15) is 4.79 Å². The first-order valence-electron chi connectivity index (χ1n) is 8.83. The number of amides is 1. The Labute approximate surface area is 138 Å². The first-order valence-corrected chi connectivity index (χ1v) is 8.83. The molecule has 23 heavy (non-hydrogen) atoms. The molecule has 1 aromatic heterocycles. The summed E-state index contributed by atoms with van der Waals surface area (Å²) >= 11 is 0. The molecule has 1 saturated heterocycles. The van der Waals surface area contributed by atoms with Gasteiger partial charge in [-0.2, -0.15) is 0 Å². The number of rotatable bonds is 6. The number of nitrogens with one attached hydrogen (secondary N) is 2. The third-order valence-electron chi connectivity index (χ3n) is 4.97. The summed E-state index contributed by atoms with van der Waals surface area (Å²) in [7, 11) is 0. The van der Waals surface area contributed by atoms with E-state index < -0.39 is 0 Å². The number of aromatic amines is 1. The molecule has 1 aromatic carbocycles. The number of fused-ring (bicyclic) bond motifs is 1. The van der Waals surface area contributed by atoms with Gasteiger partial charge in [-0.05, 0) is 37.4 Å². The minimum atomic E-state index is 0.111. The third kappa shape index (κ3) is 3.94. The van der Waals surface area contributed by atoms with Crippen LogP contribution in [0.4, 0.5) is 0 Å². The van der Waals surface area contributed by atoms with E-state index in [1.54, 1.807) is 0 Å². The molecule has 0 spiro atoms. The Bertz CT molecular complexity index is 649. The number of hydrogen-bond acceptors (Lipinski definition) is 2. The van der Waals surface area contributed by atoms with Crippen LogP contribution in [0, 0.1) is 0 Å². The Morgan fingerprint density at radius 3 is 3.09 bits per heavy atom. The van der Waals surface area contributed by atoms with E-state index in [2.05, 4.69) is 28.2 Å². The molecule has 1 atom stereocenters. The van der Waals surface area contributed by atoms with Gasteiger partial charge in [-0.15, -0.1) is 0 Å². The van der Waals surface area contributed by atoms with E-state index in [-0.39, 0.29) is 5.91 Å². The summed E-state index contributed by atoms with van der Waals surface area (Å²) in [5.74, 6) is 0.111. The van der Waals surface area contributed by atoms with Gasteiger partial charge in [-0.3, -0.25) is 9.69 Å². The van der Waals surface area contributed by atoms with Gasteiger partial charge in [0.05, 0.1) is 6.42 Å². The van der Waals surface area contributed by atoms with Crippen molar-refractivity contribution in [1.82, 2.24) is 15.2 Å². The molecule has 0 aliphatic carbocycles. The average Bonchev–Trinajstić information content (AvgIpc) is 2.98. The number of likely N-dealkylation sites (tertiary alicyclic amines) is 1. The highest BCUT2D eigenvalue weighted by Gasteiger charge is 2.20. The molecule has 1 aliphatic rings. The van der Waals surface area contributed by atoms with Crippen molar-refractivity contribution in [3.63, 3.8) is 0 Å². The second-order valence-electron chi connectivity index (χ2n) is 6.48. The molecule has 2 N–H and O–H groups in total. The van der Waals surface area contributed by atoms with Crippen LogP contribution in [-0.2, 0) is 11.2 Å². The van der Waals surface area contributed by atoms with E-state index in [1.807, 2.05) is 24.4 Å². The Morgan fingerprint density at radius 2 is 2.22 bits per heavy atom. The van der Waals surface area contributed by atoms with Crippen LogP contribution in [0.1, 0.15) is 38.2 Å². The number of aromatic nitrogens is 1. The van der Waals surface area contributed by atoms with Crippen molar-refractivity contribution in [2.45, 2.75) is 45.1 Å². The summed E-state index contributed by atoms with van der Waals surface area (Å²) in [5.41, 5.74) is 2.16. The van der Waals surface area contributed by atoms with Gasteiger partial charge < -0.3 is 10.3 Å². The number of nitrogens with zero attached hydrogens (tertiary/aromatic N) is 1. The van der Waals surface area contributed by atoms with Crippen molar-refractivity contribution >= 4 is 16.8 Å². The molecule has 124 valence electrons. The van der Waals surface area contributed by atoms with Crippen molar-refractivity contribution in [2.75, 3.05) is 19.6 Å². The first kappa shape index (κ1) is 16.1. The molecule has 1 fully saturated rings. The molecular weight excluding hydrogens is 286 g/mol. The standard InChI is InChI=1S/C19H27N3O/c1-2-16-7-5-6-11-22(16)12-10-20-19(23)13-15-14-21-18-9-4-3-8-17(15)18/h3-4,8-9,14,16,21H,2,5-7,10-13H2,1H3,(H,20,23). The fourth-order valence-electron chi connectivity index (χ4n) is 3.67. The zero-order valence-corrected chi connectivity index (χ0v) is 14.0. The minimum Gasteiger partial charge on any atom is -0.361 e. The van der Waals surface area contributed by atoms with E-state index in [1.165, 1.54) is 32.2 Å². The molecule has 4 nitrogen and oxygen atoms in total. The minimum absolute atomic E-state index is 0.111. The summed E-state index contributed by atoms with van der Waals surface area (Å²) in [4.78, 5) is 18.0. The topological polar surface area (TPSA) is 48.1 Å². The summed E-state index contributed by atoms with van der Waals surface area (Å²) in [6.07, 6.45) is 7.55. The van der Waals surface area contributed by atoms with Gasteiger partial charge in [0.2, 0.25) is 5.91 Å².